The minimum absolute atomic E-state index is 0.00673. The fourth-order valence-corrected chi connectivity index (χ4v) is 5.01. The molecule has 1 spiro atoms. The topological polar surface area (TPSA) is 58.6 Å². The lowest BCUT2D eigenvalue weighted by Crippen LogP contribution is -2.53. The molecule has 27 heavy (non-hydrogen) atoms. The van der Waals surface area contributed by atoms with Crippen molar-refractivity contribution in [2.45, 2.75) is 69.9 Å². The Balaban J connectivity index is 1.48. The summed E-state index contributed by atoms with van der Waals surface area (Å²) in [5, 5.41) is 3.31. The summed E-state index contributed by atoms with van der Waals surface area (Å²) in [6.45, 7) is 3.07. The zero-order chi connectivity index (χ0) is 18.9. The van der Waals surface area contributed by atoms with Crippen molar-refractivity contribution in [3.05, 3.63) is 29.8 Å². The van der Waals surface area contributed by atoms with Crippen LogP contribution in [0.15, 0.2) is 24.3 Å². The average Bonchev–Trinajstić information content (AvgIpc) is 3.15. The number of amides is 2. The molecule has 146 valence electrons. The highest BCUT2D eigenvalue weighted by molar-refractivity contribution is 5.77. The third-order valence-corrected chi connectivity index (χ3v) is 6.60. The van der Waals surface area contributed by atoms with Crippen molar-refractivity contribution in [2.24, 2.45) is 5.92 Å². The minimum Gasteiger partial charge on any atom is -0.487 e. The largest absolute Gasteiger partial charge is 0.487 e. The molecule has 2 amide bonds. The average molecular weight is 370 g/mol. The Morgan fingerprint density at radius 2 is 1.89 bits per heavy atom. The zero-order valence-corrected chi connectivity index (χ0v) is 16.2. The van der Waals surface area contributed by atoms with Crippen LogP contribution in [0.3, 0.4) is 0 Å². The number of carbonyl (C=O) groups is 2. The number of para-hydroxylation sites is 1. The van der Waals surface area contributed by atoms with Gasteiger partial charge in [0.25, 0.3) is 0 Å². The summed E-state index contributed by atoms with van der Waals surface area (Å²) in [5.41, 5.74) is 0.794. The number of hydrogen-bond acceptors (Lipinski definition) is 3. The Hall–Kier alpha value is -2.04. The van der Waals surface area contributed by atoms with Gasteiger partial charge in [-0.15, -0.1) is 0 Å². The smallest absolute Gasteiger partial charge is 0.220 e. The lowest BCUT2D eigenvalue weighted by molar-refractivity contribution is -0.133. The maximum atomic E-state index is 12.7. The predicted octanol–water partition coefficient (Wildman–Crippen LogP) is 3.59. The third-order valence-electron chi connectivity index (χ3n) is 6.60. The van der Waals surface area contributed by atoms with Gasteiger partial charge in [0.1, 0.15) is 11.4 Å². The molecule has 1 saturated heterocycles. The van der Waals surface area contributed by atoms with Gasteiger partial charge in [0.15, 0.2) is 0 Å². The van der Waals surface area contributed by atoms with Crippen LogP contribution in [0.1, 0.15) is 69.9 Å². The second-order valence-corrected chi connectivity index (χ2v) is 8.51. The van der Waals surface area contributed by atoms with Gasteiger partial charge in [0, 0.05) is 51.3 Å². The van der Waals surface area contributed by atoms with E-state index in [1.165, 1.54) is 25.7 Å². The number of piperidine rings is 1. The molecule has 0 aromatic heterocycles. The number of nitrogens with zero attached hydrogens (tertiary/aromatic N) is 1. The van der Waals surface area contributed by atoms with E-state index in [1.54, 1.807) is 6.92 Å². The molecule has 1 aliphatic carbocycles. The van der Waals surface area contributed by atoms with Crippen LogP contribution in [0.25, 0.3) is 0 Å². The summed E-state index contributed by atoms with van der Waals surface area (Å²) >= 11 is 0. The first-order chi connectivity index (χ1) is 13.0. The number of nitrogens with one attached hydrogen (secondary N) is 1. The van der Waals surface area contributed by atoms with E-state index in [-0.39, 0.29) is 23.5 Å². The number of likely N-dealkylation sites (tertiary alicyclic amines) is 1. The molecule has 5 heteroatoms. The normalized spacial score (nSPS) is 24.3. The SMILES string of the molecule is CC(=O)N1CCC2(CC1)CC(NC(=O)CC1CCCC1)c1ccccc1O2. The van der Waals surface area contributed by atoms with Crippen LogP contribution in [0.4, 0.5) is 0 Å². The molecule has 1 aromatic carbocycles. The molecule has 0 bridgehead atoms. The summed E-state index contributed by atoms with van der Waals surface area (Å²) in [6.07, 6.45) is 7.94. The minimum atomic E-state index is -0.286. The Labute approximate surface area is 161 Å². The molecule has 1 atom stereocenters. The van der Waals surface area contributed by atoms with Crippen molar-refractivity contribution in [1.82, 2.24) is 10.2 Å². The number of benzene rings is 1. The number of fused-ring (bicyclic) bond motifs is 1. The Morgan fingerprint density at radius 3 is 2.59 bits per heavy atom. The summed E-state index contributed by atoms with van der Waals surface area (Å²) < 4.78 is 6.44. The molecule has 2 heterocycles. The molecule has 1 unspecified atom stereocenters. The molecule has 0 radical (unpaired) electrons. The maximum absolute atomic E-state index is 12.7. The van der Waals surface area contributed by atoms with Gasteiger partial charge >= 0.3 is 0 Å². The van der Waals surface area contributed by atoms with Gasteiger partial charge in [-0.2, -0.15) is 0 Å². The van der Waals surface area contributed by atoms with Gasteiger partial charge in [-0.05, 0) is 24.8 Å². The highest BCUT2D eigenvalue weighted by atomic mass is 16.5. The molecule has 2 fully saturated rings. The van der Waals surface area contributed by atoms with Crippen LogP contribution in [0.2, 0.25) is 0 Å². The predicted molar refractivity (Wildman–Crippen MR) is 103 cm³/mol. The second kappa shape index (κ2) is 7.53. The van der Waals surface area contributed by atoms with Crippen LogP contribution in [-0.4, -0.2) is 35.4 Å². The molecule has 5 nitrogen and oxygen atoms in total. The van der Waals surface area contributed by atoms with Crippen LogP contribution < -0.4 is 10.1 Å². The number of rotatable bonds is 3. The molecular weight excluding hydrogens is 340 g/mol. The molecule has 1 saturated carbocycles. The Kier molecular flexibility index (Phi) is 5.11. The summed E-state index contributed by atoms with van der Waals surface area (Å²) in [6, 6.07) is 8.05. The highest BCUT2D eigenvalue weighted by Gasteiger charge is 2.44. The second-order valence-electron chi connectivity index (χ2n) is 8.51. The Morgan fingerprint density at radius 1 is 1.19 bits per heavy atom. The van der Waals surface area contributed by atoms with Gasteiger partial charge in [0.2, 0.25) is 11.8 Å². The van der Waals surface area contributed by atoms with E-state index in [1.807, 2.05) is 23.1 Å². The third kappa shape index (κ3) is 3.97. The molecule has 3 aliphatic rings. The molecule has 1 N–H and O–H groups in total. The molecular formula is C22H30N2O3. The van der Waals surface area contributed by atoms with Gasteiger partial charge < -0.3 is 15.0 Å². The monoisotopic (exact) mass is 370 g/mol. The lowest BCUT2D eigenvalue weighted by Gasteiger charge is -2.46. The van der Waals surface area contributed by atoms with Crippen molar-refractivity contribution in [1.29, 1.82) is 0 Å². The van der Waals surface area contributed by atoms with Crippen LogP contribution in [0, 0.1) is 5.92 Å². The van der Waals surface area contributed by atoms with E-state index in [9.17, 15) is 9.59 Å². The van der Waals surface area contributed by atoms with E-state index in [4.69, 9.17) is 4.74 Å². The van der Waals surface area contributed by atoms with Gasteiger partial charge in [-0.3, -0.25) is 9.59 Å². The van der Waals surface area contributed by atoms with Gasteiger partial charge in [-0.1, -0.05) is 31.0 Å². The Bertz CT molecular complexity index is 703. The maximum Gasteiger partial charge on any atom is 0.220 e. The van der Waals surface area contributed by atoms with Gasteiger partial charge in [-0.25, -0.2) is 0 Å². The number of carbonyl (C=O) groups excluding carboxylic acids is 2. The first-order valence-electron chi connectivity index (χ1n) is 10.4. The van der Waals surface area contributed by atoms with E-state index >= 15 is 0 Å². The van der Waals surface area contributed by atoms with Crippen molar-refractivity contribution in [3.8, 4) is 5.75 Å². The van der Waals surface area contributed by atoms with E-state index in [0.29, 0.717) is 12.3 Å². The molecule has 2 aliphatic heterocycles. The van der Waals surface area contributed by atoms with Crippen molar-refractivity contribution in [2.75, 3.05) is 13.1 Å². The van der Waals surface area contributed by atoms with Crippen LogP contribution >= 0.6 is 0 Å². The summed E-state index contributed by atoms with van der Waals surface area (Å²) in [7, 11) is 0. The fraction of sp³-hybridized carbons (Fsp3) is 0.636. The quantitative estimate of drug-likeness (QED) is 0.885. The molecule has 1 aromatic rings. The summed E-state index contributed by atoms with van der Waals surface area (Å²) in [4.78, 5) is 26.2. The number of ether oxygens (including phenoxy) is 1. The fourth-order valence-electron chi connectivity index (χ4n) is 5.01. The van der Waals surface area contributed by atoms with Crippen molar-refractivity contribution < 1.29 is 14.3 Å². The first-order valence-corrected chi connectivity index (χ1v) is 10.4. The standard InChI is InChI=1S/C22H30N2O3/c1-16(25)24-12-10-22(11-13-24)15-19(18-8-4-5-9-20(18)27-22)23-21(26)14-17-6-2-3-7-17/h4-5,8-9,17,19H,2-3,6-7,10-15H2,1H3,(H,23,26). The lowest BCUT2D eigenvalue weighted by atomic mass is 9.80. The van der Waals surface area contributed by atoms with E-state index in [0.717, 1.165) is 43.7 Å². The zero-order valence-electron chi connectivity index (χ0n) is 16.2. The molecule has 4 rings (SSSR count). The summed E-state index contributed by atoms with van der Waals surface area (Å²) in [5.74, 6) is 1.72. The van der Waals surface area contributed by atoms with E-state index < -0.39 is 0 Å². The number of hydrogen-bond donors (Lipinski definition) is 1. The van der Waals surface area contributed by atoms with E-state index in [2.05, 4.69) is 11.4 Å². The highest BCUT2D eigenvalue weighted by Crippen LogP contribution is 2.44. The first kappa shape index (κ1) is 18.3. The van der Waals surface area contributed by atoms with Crippen molar-refractivity contribution >= 4 is 11.8 Å². The van der Waals surface area contributed by atoms with Crippen molar-refractivity contribution in [3.63, 3.8) is 0 Å². The van der Waals surface area contributed by atoms with Gasteiger partial charge in [0.05, 0.1) is 6.04 Å². The van der Waals surface area contributed by atoms with Crippen LogP contribution in [0.5, 0.6) is 5.75 Å². The van der Waals surface area contributed by atoms with Crippen LogP contribution in [-0.2, 0) is 9.59 Å².